The van der Waals surface area contributed by atoms with Crippen molar-refractivity contribution in [2.75, 3.05) is 7.11 Å². The molecule has 70 valence electrons. The maximum absolute atomic E-state index is 10.8. The number of carbonyl (C=O) groups is 1. The number of thiazole rings is 1. The zero-order chi connectivity index (χ0) is 9.84. The summed E-state index contributed by atoms with van der Waals surface area (Å²) >= 11 is 1.56. The molecule has 0 spiro atoms. The van der Waals surface area contributed by atoms with E-state index in [1.165, 1.54) is 13.2 Å². The van der Waals surface area contributed by atoms with Gasteiger partial charge in [0.15, 0.2) is 0 Å². The predicted octanol–water partition coefficient (Wildman–Crippen LogP) is 1.95. The number of carbonyl (C=O) groups excluding carboxylic acids is 1. The summed E-state index contributed by atoms with van der Waals surface area (Å²) in [4.78, 5) is 16.0. The van der Waals surface area contributed by atoms with Gasteiger partial charge < -0.3 is 4.74 Å². The van der Waals surface area contributed by atoms with Crippen molar-refractivity contribution >= 4 is 23.4 Å². The van der Waals surface area contributed by atoms with E-state index in [0.717, 1.165) is 15.6 Å². The lowest BCUT2D eigenvalue weighted by Gasteiger charge is -1.89. The van der Waals surface area contributed by atoms with Gasteiger partial charge in [-0.3, -0.25) is 0 Å². The van der Waals surface area contributed by atoms with Gasteiger partial charge in [-0.1, -0.05) is 0 Å². The van der Waals surface area contributed by atoms with Crippen molar-refractivity contribution < 1.29 is 9.53 Å². The highest BCUT2D eigenvalue weighted by Crippen LogP contribution is 2.18. The van der Waals surface area contributed by atoms with Crippen molar-refractivity contribution in [3.63, 3.8) is 0 Å². The third-order valence-electron chi connectivity index (χ3n) is 1.51. The van der Waals surface area contributed by atoms with E-state index in [-0.39, 0.29) is 5.97 Å². The molecule has 1 aromatic heterocycles. The molecule has 4 heteroatoms. The minimum Gasteiger partial charge on any atom is -0.466 e. The average Bonchev–Trinajstić information content (AvgIpc) is 2.41. The van der Waals surface area contributed by atoms with E-state index in [4.69, 9.17) is 0 Å². The third-order valence-corrected chi connectivity index (χ3v) is 2.55. The number of rotatable bonds is 2. The molecule has 0 amide bonds. The lowest BCUT2D eigenvalue weighted by molar-refractivity contribution is -0.134. The van der Waals surface area contributed by atoms with Gasteiger partial charge in [-0.2, -0.15) is 0 Å². The maximum Gasteiger partial charge on any atom is 0.330 e. The number of ether oxygens (including phenoxy) is 1. The van der Waals surface area contributed by atoms with Crippen LogP contribution in [0.4, 0.5) is 0 Å². The van der Waals surface area contributed by atoms with Gasteiger partial charge in [-0.25, -0.2) is 9.78 Å². The van der Waals surface area contributed by atoms with Crippen molar-refractivity contribution in [2.45, 2.75) is 13.8 Å². The van der Waals surface area contributed by atoms with Crippen LogP contribution in [0.3, 0.4) is 0 Å². The topological polar surface area (TPSA) is 39.2 Å². The molecule has 0 radical (unpaired) electrons. The normalized spacial score (nSPS) is 10.7. The van der Waals surface area contributed by atoms with Crippen LogP contribution in [0.15, 0.2) is 6.08 Å². The summed E-state index contributed by atoms with van der Waals surface area (Å²) in [7, 11) is 1.36. The van der Waals surface area contributed by atoms with E-state index < -0.39 is 0 Å². The van der Waals surface area contributed by atoms with Gasteiger partial charge in [0.1, 0.15) is 0 Å². The molecule has 1 rings (SSSR count). The molecule has 0 bridgehead atoms. The molecule has 0 unspecified atom stereocenters. The Labute approximate surface area is 81.1 Å². The Morgan fingerprint density at radius 3 is 2.69 bits per heavy atom. The van der Waals surface area contributed by atoms with Crippen LogP contribution in [0.5, 0.6) is 0 Å². The van der Waals surface area contributed by atoms with E-state index in [1.807, 2.05) is 13.8 Å². The fraction of sp³-hybridized carbons (Fsp3) is 0.333. The Balaban J connectivity index is 2.79. The van der Waals surface area contributed by atoms with Gasteiger partial charge in [0.2, 0.25) is 0 Å². The van der Waals surface area contributed by atoms with Crippen LogP contribution in [-0.4, -0.2) is 18.1 Å². The highest BCUT2D eigenvalue weighted by atomic mass is 32.1. The molecule has 13 heavy (non-hydrogen) atoms. The molecule has 0 atom stereocenters. The van der Waals surface area contributed by atoms with Crippen molar-refractivity contribution in [3.8, 4) is 0 Å². The molecule has 0 saturated carbocycles. The standard InChI is InChI=1S/C9H11NO2S/c1-6-8(13-7(2)10-6)4-5-9(11)12-3/h4-5H,1-3H3/b5-4+. The second kappa shape index (κ2) is 4.18. The molecule has 0 fully saturated rings. The van der Waals surface area contributed by atoms with E-state index in [0.29, 0.717) is 0 Å². The number of esters is 1. The fourth-order valence-electron chi connectivity index (χ4n) is 0.913. The highest BCUT2D eigenvalue weighted by molar-refractivity contribution is 7.12. The summed E-state index contributed by atoms with van der Waals surface area (Å²) < 4.78 is 4.48. The number of hydrogen-bond donors (Lipinski definition) is 0. The van der Waals surface area contributed by atoms with E-state index in [2.05, 4.69) is 9.72 Å². The first kappa shape index (κ1) is 9.92. The Kier molecular flexibility index (Phi) is 3.19. The number of aryl methyl sites for hydroxylation is 2. The SMILES string of the molecule is COC(=O)/C=C/c1sc(C)nc1C. The van der Waals surface area contributed by atoms with Crippen molar-refractivity contribution in [1.82, 2.24) is 4.98 Å². The summed E-state index contributed by atoms with van der Waals surface area (Å²) in [5.74, 6) is -0.342. The Morgan fingerprint density at radius 1 is 1.54 bits per heavy atom. The number of aromatic nitrogens is 1. The minimum absolute atomic E-state index is 0.342. The van der Waals surface area contributed by atoms with E-state index >= 15 is 0 Å². The third kappa shape index (κ3) is 2.66. The molecule has 1 heterocycles. The smallest absolute Gasteiger partial charge is 0.330 e. The van der Waals surface area contributed by atoms with Crippen LogP contribution in [0.2, 0.25) is 0 Å². The molecule has 0 aliphatic rings. The Bertz CT molecular complexity index is 341. The fourth-order valence-corrected chi connectivity index (χ4v) is 1.74. The lowest BCUT2D eigenvalue weighted by Crippen LogP contribution is -1.93. The first-order chi connectivity index (χ1) is 6.13. The second-order valence-electron chi connectivity index (χ2n) is 2.54. The first-order valence-electron chi connectivity index (χ1n) is 3.83. The van der Waals surface area contributed by atoms with E-state index in [9.17, 15) is 4.79 Å². The molecule has 0 saturated heterocycles. The van der Waals surface area contributed by atoms with Crippen molar-refractivity contribution in [3.05, 3.63) is 21.7 Å². The summed E-state index contributed by atoms with van der Waals surface area (Å²) in [6.45, 7) is 3.85. The summed E-state index contributed by atoms with van der Waals surface area (Å²) in [6.07, 6.45) is 3.13. The molecule has 0 aromatic carbocycles. The molecular formula is C9H11NO2S. The van der Waals surface area contributed by atoms with Crippen LogP contribution in [0.1, 0.15) is 15.6 Å². The van der Waals surface area contributed by atoms with Crippen LogP contribution in [0, 0.1) is 13.8 Å². The number of methoxy groups -OCH3 is 1. The quantitative estimate of drug-likeness (QED) is 0.537. The summed E-state index contributed by atoms with van der Waals surface area (Å²) in [5, 5.41) is 1.00. The van der Waals surface area contributed by atoms with Crippen LogP contribution < -0.4 is 0 Å². The van der Waals surface area contributed by atoms with Gasteiger partial charge >= 0.3 is 5.97 Å². The monoisotopic (exact) mass is 197 g/mol. The highest BCUT2D eigenvalue weighted by Gasteiger charge is 2.01. The lowest BCUT2D eigenvalue weighted by atomic mass is 10.3. The van der Waals surface area contributed by atoms with Crippen LogP contribution in [-0.2, 0) is 9.53 Å². The van der Waals surface area contributed by atoms with Crippen molar-refractivity contribution in [1.29, 1.82) is 0 Å². The largest absolute Gasteiger partial charge is 0.466 e. The molecule has 0 N–H and O–H groups in total. The van der Waals surface area contributed by atoms with Gasteiger partial charge in [0, 0.05) is 6.08 Å². The zero-order valence-corrected chi connectivity index (χ0v) is 8.64. The van der Waals surface area contributed by atoms with Gasteiger partial charge in [0.05, 0.1) is 22.7 Å². The molecule has 1 aromatic rings. The zero-order valence-electron chi connectivity index (χ0n) is 7.83. The molecule has 0 aliphatic heterocycles. The Hall–Kier alpha value is -1.16. The summed E-state index contributed by atoms with van der Waals surface area (Å²) in [5.41, 5.74) is 0.947. The predicted molar refractivity (Wildman–Crippen MR) is 52.6 cm³/mol. The van der Waals surface area contributed by atoms with Gasteiger partial charge in [0.25, 0.3) is 0 Å². The summed E-state index contributed by atoms with van der Waals surface area (Å²) in [6, 6.07) is 0. The second-order valence-corrected chi connectivity index (χ2v) is 3.77. The number of hydrogen-bond acceptors (Lipinski definition) is 4. The molecular weight excluding hydrogens is 186 g/mol. The minimum atomic E-state index is -0.342. The first-order valence-corrected chi connectivity index (χ1v) is 4.65. The van der Waals surface area contributed by atoms with Gasteiger partial charge in [-0.15, -0.1) is 11.3 Å². The average molecular weight is 197 g/mol. The van der Waals surface area contributed by atoms with Crippen molar-refractivity contribution in [2.24, 2.45) is 0 Å². The van der Waals surface area contributed by atoms with E-state index in [1.54, 1.807) is 17.4 Å². The maximum atomic E-state index is 10.8. The molecule has 0 aliphatic carbocycles. The van der Waals surface area contributed by atoms with Crippen LogP contribution in [0.25, 0.3) is 6.08 Å². The van der Waals surface area contributed by atoms with Gasteiger partial charge in [-0.05, 0) is 19.9 Å². The Morgan fingerprint density at radius 2 is 2.23 bits per heavy atom. The van der Waals surface area contributed by atoms with Crippen LogP contribution >= 0.6 is 11.3 Å². The number of nitrogens with zero attached hydrogens (tertiary/aromatic N) is 1. The molecule has 3 nitrogen and oxygen atoms in total.